The molecule has 3 rings (SSSR count). The quantitative estimate of drug-likeness (QED) is 0.345. The number of halogens is 1. The Bertz CT molecular complexity index is 1050. The van der Waals surface area contributed by atoms with Crippen molar-refractivity contribution in [3.63, 3.8) is 0 Å². The minimum absolute atomic E-state index is 0.0282. The van der Waals surface area contributed by atoms with Crippen LogP contribution in [0, 0.1) is 5.82 Å². The highest BCUT2D eigenvalue weighted by molar-refractivity contribution is 7.99. The molecule has 0 spiro atoms. The van der Waals surface area contributed by atoms with Crippen LogP contribution in [0.4, 0.5) is 4.39 Å². The van der Waals surface area contributed by atoms with E-state index < -0.39 is 0 Å². The molecule has 0 aliphatic rings. The van der Waals surface area contributed by atoms with Crippen molar-refractivity contribution in [2.75, 3.05) is 5.75 Å². The molecule has 0 saturated heterocycles. The van der Waals surface area contributed by atoms with Gasteiger partial charge < -0.3 is 15.6 Å². The number of nitrogens with zero attached hydrogens (tertiary/aromatic N) is 1. The van der Waals surface area contributed by atoms with E-state index in [2.05, 4.69) is 20.6 Å². The highest BCUT2D eigenvalue weighted by Crippen LogP contribution is 2.12. The third-order valence-corrected chi connectivity index (χ3v) is 5.65. The summed E-state index contributed by atoms with van der Waals surface area (Å²) in [5, 5.41) is 7.69. The van der Waals surface area contributed by atoms with E-state index in [4.69, 9.17) is 0 Å². The molecule has 30 heavy (non-hydrogen) atoms. The number of hydrogen-bond acceptors (Lipinski definition) is 6. The molecule has 0 aliphatic carbocycles. The van der Waals surface area contributed by atoms with Gasteiger partial charge in [-0.15, -0.1) is 11.3 Å². The molecule has 7 nitrogen and oxygen atoms in total. The van der Waals surface area contributed by atoms with Crippen LogP contribution in [-0.2, 0) is 29.1 Å². The van der Waals surface area contributed by atoms with E-state index in [1.54, 1.807) is 23.5 Å². The molecule has 0 aliphatic heterocycles. The summed E-state index contributed by atoms with van der Waals surface area (Å²) in [5.41, 5.74) is 0.716. The molecule has 10 heteroatoms. The molecule has 0 atom stereocenters. The van der Waals surface area contributed by atoms with Gasteiger partial charge in [-0.3, -0.25) is 14.4 Å². The van der Waals surface area contributed by atoms with Crippen LogP contribution in [0.2, 0.25) is 0 Å². The van der Waals surface area contributed by atoms with Gasteiger partial charge in [0.25, 0.3) is 5.56 Å². The molecule has 1 aromatic carbocycles. The smallest absolute Gasteiger partial charge is 0.251 e. The van der Waals surface area contributed by atoms with E-state index in [0.29, 0.717) is 12.2 Å². The highest BCUT2D eigenvalue weighted by Gasteiger charge is 2.10. The average Bonchev–Trinajstić information content (AvgIpc) is 3.24. The third kappa shape index (κ3) is 7.12. The molecule has 0 unspecified atom stereocenters. The summed E-state index contributed by atoms with van der Waals surface area (Å²) in [6.07, 6.45) is -0.0282. The Morgan fingerprint density at radius 2 is 1.87 bits per heavy atom. The zero-order valence-electron chi connectivity index (χ0n) is 15.8. The van der Waals surface area contributed by atoms with E-state index in [-0.39, 0.29) is 47.1 Å². The fourth-order valence-electron chi connectivity index (χ4n) is 2.46. The lowest BCUT2D eigenvalue weighted by molar-refractivity contribution is -0.121. The van der Waals surface area contributed by atoms with Crippen molar-refractivity contribution < 1.29 is 14.0 Å². The number of carbonyl (C=O) groups excluding carboxylic acids is 2. The lowest BCUT2D eigenvalue weighted by Gasteiger charge is -2.07. The normalized spacial score (nSPS) is 10.6. The predicted octanol–water partition coefficient (Wildman–Crippen LogP) is 2.24. The first kappa shape index (κ1) is 21.7. The first-order valence-electron chi connectivity index (χ1n) is 9.01. The van der Waals surface area contributed by atoms with Gasteiger partial charge in [-0.25, -0.2) is 9.37 Å². The zero-order chi connectivity index (χ0) is 21.3. The standard InChI is InChI=1S/C20H19FN4O3S2/c21-14-5-3-13(4-6-14)10-22-19(28)12-30-20-24-15(9-18(27)25-20)8-17(26)23-11-16-2-1-7-29-16/h1-7,9H,8,10-12H2,(H,22,28)(H,23,26)(H,24,25,27). The first-order chi connectivity index (χ1) is 14.5. The van der Waals surface area contributed by atoms with Crippen molar-refractivity contribution in [2.45, 2.75) is 24.7 Å². The number of thiophene rings is 1. The maximum atomic E-state index is 12.9. The summed E-state index contributed by atoms with van der Waals surface area (Å²) in [4.78, 5) is 43.8. The Morgan fingerprint density at radius 3 is 2.60 bits per heavy atom. The van der Waals surface area contributed by atoms with Gasteiger partial charge in [-0.2, -0.15) is 0 Å². The molecule has 2 aromatic heterocycles. The number of amides is 2. The number of aromatic amines is 1. The summed E-state index contributed by atoms with van der Waals surface area (Å²) >= 11 is 2.61. The summed E-state index contributed by atoms with van der Waals surface area (Å²) in [7, 11) is 0. The van der Waals surface area contributed by atoms with Crippen molar-refractivity contribution in [1.29, 1.82) is 0 Å². The van der Waals surface area contributed by atoms with Gasteiger partial charge in [0.15, 0.2) is 5.16 Å². The Labute approximate surface area is 180 Å². The molecular weight excluding hydrogens is 427 g/mol. The summed E-state index contributed by atoms with van der Waals surface area (Å²) in [6.45, 7) is 0.698. The fourth-order valence-corrected chi connectivity index (χ4v) is 3.83. The van der Waals surface area contributed by atoms with Crippen molar-refractivity contribution in [1.82, 2.24) is 20.6 Å². The number of thioether (sulfide) groups is 1. The van der Waals surface area contributed by atoms with E-state index in [1.807, 2.05) is 17.5 Å². The van der Waals surface area contributed by atoms with Gasteiger partial charge in [0.05, 0.1) is 24.4 Å². The first-order valence-corrected chi connectivity index (χ1v) is 10.9. The number of carbonyl (C=O) groups is 2. The second-order valence-corrected chi connectivity index (χ2v) is 8.26. The molecule has 156 valence electrons. The zero-order valence-corrected chi connectivity index (χ0v) is 17.4. The van der Waals surface area contributed by atoms with Crippen molar-refractivity contribution in [3.05, 3.63) is 80.2 Å². The van der Waals surface area contributed by atoms with Gasteiger partial charge in [0.2, 0.25) is 11.8 Å². The number of aromatic nitrogens is 2. The number of nitrogens with one attached hydrogen (secondary N) is 3. The van der Waals surface area contributed by atoms with Crippen molar-refractivity contribution in [3.8, 4) is 0 Å². The van der Waals surface area contributed by atoms with E-state index in [9.17, 15) is 18.8 Å². The molecule has 3 N–H and O–H groups in total. The number of hydrogen-bond donors (Lipinski definition) is 3. The largest absolute Gasteiger partial charge is 0.351 e. The summed E-state index contributed by atoms with van der Waals surface area (Å²) < 4.78 is 12.9. The maximum Gasteiger partial charge on any atom is 0.251 e. The molecule has 2 amide bonds. The summed E-state index contributed by atoms with van der Waals surface area (Å²) in [5.74, 6) is -0.797. The topological polar surface area (TPSA) is 104 Å². The minimum Gasteiger partial charge on any atom is -0.351 e. The lowest BCUT2D eigenvalue weighted by Crippen LogP contribution is -2.26. The lowest BCUT2D eigenvalue weighted by atomic mass is 10.2. The monoisotopic (exact) mass is 446 g/mol. The maximum absolute atomic E-state index is 12.9. The Hall–Kier alpha value is -2.98. The summed E-state index contributed by atoms with van der Waals surface area (Å²) in [6, 6.07) is 10.9. The molecule has 0 radical (unpaired) electrons. The van der Waals surface area contributed by atoms with Crippen LogP contribution in [0.3, 0.4) is 0 Å². The van der Waals surface area contributed by atoms with Crippen molar-refractivity contribution in [2.24, 2.45) is 0 Å². The second kappa shape index (κ2) is 10.7. The van der Waals surface area contributed by atoms with Crippen LogP contribution < -0.4 is 16.2 Å². The SMILES string of the molecule is O=C(CSc1nc(CC(=O)NCc2cccs2)cc(=O)[nH]1)NCc1ccc(F)cc1. The molecule has 2 heterocycles. The number of rotatable bonds is 9. The Kier molecular flexibility index (Phi) is 7.75. The highest BCUT2D eigenvalue weighted by atomic mass is 32.2. The van der Waals surface area contributed by atoms with Crippen LogP contribution in [0.1, 0.15) is 16.1 Å². The molecule has 3 aromatic rings. The molecular formula is C20H19FN4O3S2. The third-order valence-electron chi connectivity index (χ3n) is 3.90. The van der Waals surface area contributed by atoms with Crippen LogP contribution in [0.5, 0.6) is 0 Å². The Balaban J connectivity index is 1.48. The minimum atomic E-state index is -0.389. The van der Waals surface area contributed by atoms with Crippen LogP contribution in [-0.4, -0.2) is 27.5 Å². The van der Waals surface area contributed by atoms with E-state index >= 15 is 0 Å². The number of H-pyrrole nitrogens is 1. The van der Waals surface area contributed by atoms with Gasteiger partial charge in [-0.1, -0.05) is 30.0 Å². The molecule has 0 saturated carbocycles. The van der Waals surface area contributed by atoms with Gasteiger partial charge in [0, 0.05) is 17.5 Å². The van der Waals surface area contributed by atoms with E-state index in [0.717, 1.165) is 22.2 Å². The van der Waals surface area contributed by atoms with Crippen molar-refractivity contribution >= 4 is 34.9 Å². The van der Waals surface area contributed by atoms with Crippen LogP contribution >= 0.6 is 23.1 Å². The second-order valence-electron chi connectivity index (χ2n) is 6.27. The predicted molar refractivity (Wildman–Crippen MR) is 114 cm³/mol. The van der Waals surface area contributed by atoms with Crippen LogP contribution in [0.15, 0.2) is 57.8 Å². The van der Waals surface area contributed by atoms with Crippen LogP contribution in [0.25, 0.3) is 0 Å². The van der Waals surface area contributed by atoms with Gasteiger partial charge in [-0.05, 0) is 29.1 Å². The van der Waals surface area contributed by atoms with Gasteiger partial charge >= 0.3 is 0 Å². The average molecular weight is 447 g/mol. The molecule has 0 bridgehead atoms. The fraction of sp³-hybridized carbons (Fsp3) is 0.200. The van der Waals surface area contributed by atoms with Gasteiger partial charge in [0.1, 0.15) is 5.82 Å². The molecule has 0 fully saturated rings. The Morgan fingerprint density at radius 1 is 1.10 bits per heavy atom. The number of benzene rings is 1. The van der Waals surface area contributed by atoms with E-state index in [1.165, 1.54) is 18.2 Å².